The molecule has 0 aliphatic carbocycles. The number of thiazole rings is 1. The van der Waals surface area contributed by atoms with Crippen molar-refractivity contribution in [2.24, 2.45) is 0 Å². The van der Waals surface area contributed by atoms with Gasteiger partial charge < -0.3 is 19.7 Å². The fourth-order valence-corrected chi connectivity index (χ4v) is 7.59. The van der Waals surface area contributed by atoms with Crippen LogP contribution in [-0.4, -0.2) is 58.3 Å². The summed E-state index contributed by atoms with van der Waals surface area (Å²) in [4.78, 5) is 44.5. The third kappa shape index (κ3) is 5.85. The molecule has 1 aliphatic heterocycles. The molecule has 3 atom stereocenters. The van der Waals surface area contributed by atoms with Crippen LogP contribution in [0.2, 0.25) is 0 Å². The topological polar surface area (TPSA) is 97.8 Å². The number of β-lactam (4-membered cyclic amide) rings is 1. The number of rotatable bonds is 11. The Morgan fingerprint density at radius 3 is 2.61 bits per heavy atom. The Morgan fingerprint density at radius 1 is 1.19 bits per heavy atom. The van der Waals surface area contributed by atoms with Gasteiger partial charge in [-0.05, 0) is 54.5 Å². The van der Waals surface area contributed by atoms with Gasteiger partial charge in [0.05, 0.1) is 16.8 Å². The lowest BCUT2D eigenvalue weighted by molar-refractivity contribution is -0.162. The number of aromatic nitrogens is 1. The number of benzene rings is 2. The number of nitrogens with zero attached hydrogens (tertiary/aromatic N) is 2. The van der Waals surface area contributed by atoms with Crippen molar-refractivity contribution in [3.63, 3.8) is 0 Å². The SMILES string of the molecule is C=C(C)C(C(=O)OCC)N1C(=O)C(NC(=O)COc2ccccc2)C1SSc1nc2ccccc2s1. The van der Waals surface area contributed by atoms with Crippen LogP contribution < -0.4 is 10.1 Å². The zero-order valence-electron chi connectivity index (χ0n) is 19.7. The Bertz CT molecular complexity index is 1230. The number of carbonyl (C=O) groups excluding carboxylic acids is 3. The van der Waals surface area contributed by atoms with Crippen molar-refractivity contribution in [2.45, 2.75) is 35.6 Å². The number of hydrogen-bond acceptors (Lipinski definition) is 9. The first-order valence-corrected chi connectivity index (χ1v) is 14.2. The first kappa shape index (κ1) is 26.1. The zero-order valence-corrected chi connectivity index (χ0v) is 22.2. The lowest BCUT2D eigenvalue weighted by Crippen LogP contribution is -2.73. The van der Waals surface area contributed by atoms with Crippen molar-refractivity contribution in [1.29, 1.82) is 0 Å². The minimum absolute atomic E-state index is 0.180. The molecular weight excluding hydrogens is 518 g/mol. The zero-order chi connectivity index (χ0) is 25.7. The van der Waals surface area contributed by atoms with Gasteiger partial charge in [-0.25, -0.2) is 9.78 Å². The highest BCUT2D eigenvalue weighted by Gasteiger charge is 2.54. The van der Waals surface area contributed by atoms with Gasteiger partial charge in [-0.1, -0.05) is 47.7 Å². The average Bonchev–Trinajstić information content (AvgIpc) is 3.29. The summed E-state index contributed by atoms with van der Waals surface area (Å²) in [7, 11) is 2.75. The van der Waals surface area contributed by atoms with Crippen molar-refractivity contribution in [3.8, 4) is 5.75 Å². The normalized spacial score (nSPS) is 17.8. The Hall–Kier alpha value is -3.02. The van der Waals surface area contributed by atoms with Gasteiger partial charge in [-0.3, -0.25) is 9.59 Å². The number of likely N-dealkylation sites (tertiary alicyclic amines) is 1. The largest absolute Gasteiger partial charge is 0.484 e. The van der Waals surface area contributed by atoms with E-state index in [1.54, 1.807) is 38.1 Å². The van der Waals surface area contributed by atoms with Crippen LogP contribution in [0.3, 0.4) is 0 Å². The second-order valence-corrected chi connectivity index (χ2v) is 11.5. The van der Waals surface area contributed by atoms with Gasteiger partial charge in [0.25, 0.3) is 5.91 Å². The first-order valence-electron chi connectivity index (χ1n) is 11.2. The summed E-state index contributed by atoms with van der Waals surface area (Å²) in [5, 5.41) is 2.22. The molecule has 36 heavy (non-hydrogen) atoms. The molecule has 0 bridgehead atoms. The van der Waals surface area contributed by atoms with Crippen molar-refractivity contribution < 1.29 is 23.9 Å². The van der Waals surface area contributed by atoms with Crippen molar-refractivity contribution >= 4 is 60.9 Å². The van der Waals surface area contributed by atoms with Crippen LogP contribution >= 0.6 is 32.9 Å². The van der Waals surface area contributed by atoms with E-state index in [9.17, 15) is 14.4 Å². The highest BCUT2D eigenvalue weighted by molar-refractivity contribution is 8.77. The second kappa shape index (κ2) is 11.8. The molecule has 1 N–H and O–H groups in total. The van der Waals surface area contributed by atoms with E-state index in [2.05, 4.69) is 16.9 Å². The number of fused-ring (bicyclic) bond motifs is 1. The third-order valence-electron chi connectivity index (χ3n) is 5.26. The second-order valence-electron chi connectivity index (χ2n) is 7.91. The molecule has 1 aromatic heterocycles. The molecule has 1 saturated heterocycles. The van der Waals surface area contributed by atoms with E-state index in [0.29, 0.717) is 11.3 Å². The average molecular weight is 544 g/mol. The van der Waals surface area contributed by atoms with E-state index >= 15 is 0 Å². The highest BCUT2D eigenvalue weighted by atomic mass is 33.1. The Morgan fingerprint density at radius 2 is 1.92 bits per heavy atom. The van der Waals surface area contributed by atoms with Gasteiger partial charge in [-0.15, -0.1) is 11.3 Å². The molecule has 0 saturated carbocycles. The molecule has 2 amide bonds. The fourth-order valence-electron chi connectivity index (χ4n) is 3.63. The monoisotopic (exact) mass is 543 g/mol. The standard InChI is InChI=1S/C25H25N3O5S3/c1-4-32-24(31)21(15(2)3)28-22(30)20(27-19(29)14-33-16-10-6-5-7-11-16)23(28)35-36-25-26-17-12-8-9-13-18(17)34-25/h5-13,20-21,23H,2,4,14H2,1,3H3,(H,27,29). The van der Waals surface area contributed by atoms with Crippen LogP contribution in [0.1, 0.15) is 13.8 Å². The molecule has 2 heterocycles. The molecule has 1 fully saturated rings. The van der Waals surface area contributed by atoms with E-state index in [4.69, 9.17) is 9.47 Å². The number of carbonyl (C=O) groups is 3. The molecule has 0 radical (unpaired) electrons. The van der Waals surface area contributed by atoms with E-state index < -0.39 is 29.3 Å². The maximum absolute atomic E-state index is 13.2. The van der Waals surface area contributed by atoms with Crippen LogP contribution in [0, 0.1) is 0 Å². The predicted molar refractivity (Wildman–Crippen MR) is 143 cm³/mol. The number of para-hydroxylation sites is 2. The molecule has 188 valence electrons. The molecule has 11 heteroatoms. The maximum atomic E-state index is 13.2. The van der Waals surface area contributed by atoms with Gasteiger partial charge in [0.1, 0.15) is 17.2 Å². The van der Waals surface area contributed by atoms with Crippen LogP contribution in [0.15, 0.2) is 71.1 Å². The summed E-state index contributed by atoms with van der Waals surface area (Å²) in [6.45, 7) is 7.22. The van der Waals surface area contributed by atoms with Gasteiger partial charge >= 0.3 is 5.97 Å². The molecule has 4 rings (SSSR count). The number of esters is 1. The van der Waals surface area contributed by atoms with Crippen molar-refractivity contribution in [2.75, 3.05) is 13.2 Å². The van der Waals surface area contributed by atoms with Crippen LogP contribution in [-0.2, 0) is 19.1 Å². The Labute approximate surface area is 220 Å². The lowest BCUT2D eigenvalue weighted by Gasteiger charge is -2.49. The first-order chi connectivity index (χ1) is 17.4. The summed E-state index contributed by atoms with van der Waals surface area (Å²) in [6.07, 6.45) is 0. The summed E-state index contributed by atoms with van der Waals surface area (Å²) in [5.41, 5.74) is 1.37. The maximum Gasteiger partial charge on any atom is 0.333 e. The smallest absolute Gasteiger partial charge is 0.333 e. The van der Waals surface area contributed by atoms with E-state index in [1.807, 2.05) is 30.3 Å². The molecule has 0 spiro atoms. The summed E-state index contributed by atoms with van der Waals surface area (Å²) in [5.74, 6) is -0.815. The summed E-state index contributed by atoms with van der Waals surface area (Å²) >= 11 is 1.54. The molecule has 1 aliphatic rings. The predicted octanol–water partition coefficient (Wildman–Crippen LogP) is 4.28. The van der Waals surface area contributed by atoms with Crippen LogP contribution in [0.25, 0.3) is 10.2 Å². The lowest BCUT2D eigenvalue weighted by atomic mass is 9.99. The Kier molecular flexibility index (Phi) is 8.55. The van der Waals surface area contributed by atoms with Gasteiger partial charge in [0, 0.05) is 0 Å². The van der Waals surface area contributed by atoms with Crippen LogP contribution in [0.4, 0.5) is 0 Å². The molecule has 2 aromatic carbocycles. The van der Waals surface area contributed by atoms with E-state index in [1.165, 1.54) is 37.8 Å². The van der Waals surface area contributed by atoms with Crippen molar-refractivity contribution in [3.05, 3.63) is 66.7 Å². The molecule has 3 aromatic rings. The summed E-state index contributed by atoms with van der Waals surface area (Å²) < 4.78 is 12.6. The number of ether oxygens (including phenoxy) is 2. The molecule has 3 unspecified atom stereocenters. The van der Waals surface area contributed by atoms with E-state index in [-0.39, 0.29) is 19.1 Å². The number of hydrogen-bond donors (Lipinski definition) is 1. The molecule has 8 nitrogen and oxygen atoms in total. The van der Waals surface area contributed by atoms with Gasteiger partial charge in [0.15, 0.2) is 17.0 Å². The Balaban J connectivity index is 1.49. The number of nitrogens with one attached hydrogen (secondary N) is 1. The molecular formula is C25H25N3O5S3. The number of amides is 2. The van der Waals surface area contributed by atoms with E-state index in [0.717, 1.165) is 14.6 Å². The van der Waals surface area contributed by atoms with Gasteiger partial charge in [-0.2, -0.15) is 0 Å². The quantitative estimate of drug-likeness (QED) is 0.166. The fraction of sp³-hybridized carbons (Fsp3) is 0.280. The van der Waals surface area contributed by atoms with Gasteiger partial charge in [0.2, 0.25) is 5.91 Å². The third-order valence-corrected chi connectivity index (χ3v) is 9.28. The van der Waals surface area contributed by atoms with Crippen LogP contribution in [0.5, 0.6) is 5.75 Å². The van der Waals surface area contributed by atoms with Crippen molar-refractivity contribution in [1.82, 2.24) is 15.2 Å². The highest BCUT2D eigenvalue weighted by Crippen LogP contribution is 2.45. The minimum atomic E-state index is -0.945. The summed E-state index contributed by atoms with van der Waals surface area (Å²) in [6, 6.07) is 15.0. The minimum Gasteiger partial charge on any atom is -0.484 e.